The van der Waals surface area contributed by atoms with Crippen molar-refractivity contribution in [2.75, 3.05) is 5.73 Å². The van der Waals surface area contributed by atoms with Crippen LogP contribution in [0, 0.1) is 10.1 Å². The van der Waals surface area contributed by atoms with Gasteiger partial charge in [-0.1, -0.05) is 0 Å². The van der Waals surface area contributed by atoms with Gasteiger partial charge in [0, 0.05) is 23.2 Å². The number of benzene rings is 3. The molecular formula is C16H12N4Na2O10S2+2. The summed E-state index contributed by atoms with van der Waals surface area (Å²) in [4.78, 5) is 8.36. The summed E-state index contributed by atoms with van der Waals surface area (Å²) in [7, 11) is -9.83. The number of rotatable bonds is 5. The van der Waals surface area contributed by atoms with Gasteiger partial charge in [-0.05, 0) is 29.7 Å². The van der Waals surface area contributed by atoms with E-state index in [1.807, 2.05) is 0 Å². The molecule has 3 aromatic carbocycles. The molecule has 3 aromatic rings. The standard InChI is InChI=1S/C16H12N4O10S2.2Na/c17-10-6-9(31(25,26)27)3-7-4-13(32(28,29)30)15(16(22)14(7)10)19-18-11-5-8(20(23)24)1-2-12(11)21;;/h1-6,21-22H,17H2,(H,25,26,27)(H,28,29,30);;/q;2*+1. The first-order valence-electron chi connectivity index (χ1n) is 8.13. The van der Waals surface area contributed by atoms with E-state index in [0.29, 0.717) is 0 Å². The molecule has 0 aliphatic rings. The van der Waals surface area contributed by atoms with Crippen LogP contribution in [-0.2, 0) is 20.2 Å². The number of phenolic OH excluding ortho intramolecular Hbond substituents is 2. The summed E-state index contributed by atoms with van der Waals surface area (Å²) >= 11 is 0. The quantitative estimate of drug-likeness (QED) is 0.0545. The van der Waals surface area contributed by atoms with Crippen LogP contribution in [-0.4, -0.2) is 41.1 Å². The summed E-state index contributed by atoms with van der Waals surface area (Å²) < 4.78 is 65.2. The van der Waals surface area contributed by atoms with Gasteiger partial charge in [0.1, 0.15) is 22.0 Å². The minimum absolute atomic E-state index is 0. The van der Waals surface area contributed by atoms with Gasteiger partial charge in [-0.15, -0.1) is 10.2 Å². The van der Waals surface area contributed by atoms with E-state index in [1.165, 1.54) is 0 Å². The fourth-order valence-corrected chi connectivity index (χ4v) is 3.95. The first kappa shape index (κ1) is 30.2. The van der Waals surface area contributed by atoms with Crippen molar-refractivity contribution in [3.05, 3.63) is 46.5 Å². The number of hydrogen-bond acceptors (Lipinski definition) is 11. The van der Waals surface area contributed by atoms with Crippen LogP contribution in [0.4, 0.5) is 22.7 Å². The van der Waals surface area contributed by atoms with Crippen molar-refractivity contribution in [1.29, 1.82) is 0 Å². The van der Waals surface area contributed by atoms with Gasteiger partial charge >= 0.3 is 59.1 Å². The summed E-state index contributed by atoms with van der Waals surface area (Å²) in [5.74, 6) is -1.51. The molecule has 0 heterocycles. The van der Waals surface area contributed by atoms with Gasteiger partial charge < -0.3 is 15.9 Å². The maximum absolute atomic E-state index is 11.8. The maximum Gasteiger partial charge on any atom is 1.00 e. The molecule has 0 aromatic heterocycles. The average Bonchev–Trinajstić information content (AvgIpc) is 2.66. The van der Waals surface area contributed by atoms with Gasteiger partial charge in [0.05, 0.1) is 9.82 Å². The monoisotopic (exact) mass is 530 g/mol. The predicted octanol–water partition coefficient (Wildman–Crippen LogP) is -3.34. The molecule has 0 atom stereocenters. The van der Waals surface area contributed by atoms with Crippen molar-refractivity contribution in [3.8, 4) is 11.5 Å². The van der Waals surface area contributed by atoms with E-state index in [9.17, 15) is 46.3 Å². The molecule has 0 bridgehead atoms. The third-order valence-electron chi connectivity index (χ3n) is 4.16. The number of azo groups is 1. The molecule has 0 saturated carbocycles. The van der Waals surface area contributed by atoms with Crippen molar-refractivity contribution in [3.63, 3.8) is 0 Å². The van der Waals surface area contributed by atoms with Crippen LogP contribution in [0.3, 0.4) is 0 Å². The SMILES string of the molecule is Nc1cc(S(=O)(=O)O)cc2cc(S(=O)(=O)O)c(N=Nc3cc([N+](=O)[O-])ccc3O)c(O)c12.[Na+].[Na+]. The van der Waals surface area contributed by atoms with Gasteiger partial charge in [0.2, 0.25) is 0 Å². The summed E-state index contributed by atoms with van der Waals surface area (Å²) in [5.41, 5.74) is 3.54. The Morgan fingerprint density at radius 3 is 2.06 bits per heavy atom. The number of anilines is 1. The largest absolute Gasteiger partial charge is 1.00 e. The zero-order chi connectivity index (χ0) is 24.0. The van der Waals surface area contributed by atoms with Crippen LogP contribution in [0.25, 0.3) is 10.8 Å². The van der Waals surface area contributed by atoms with Crippen molar-refractivity contribution >= 4 is 53.8 Å². The van der Waals surface area contributed by atoms with Crippen molar-refractivity contribution < 1.29 is 100 Å². The maximum atomic E-state index is 11.8. The number of nitrogens with two attached hydrogens (primary N) is 1. The Balaban J connectivity index is 0.00000289. The molecule has 14 nitrogen and oxygen atoms in total. The summed E-state index contributed by atoms with van der Waals surface area (Å²) in [6, 6.07) is 5.03. The second-order valence-corrected chi connectivity index (χ2v) is 9.07. The molecule has 34 heavy (non-hydrogen) atoms. The van der Waals surface area contributed by atoms with Gasteiger partial charge in [-0.3, -0.25) is 19.2 Å². The number of nitro groups is 1. The van der Waals surface area contributed by atoms with E-state index in [-0.39, 0.29) is 69.9 Å². The van der Waals surface area contributed by atoms with Crippen molar-refractivity contribution in [2.45, 2.75) is 9.79 Å². The van der Waals surface area contributed by atoms with Crippen LogP contribution in [0.5, 0.6) is 11.5 Å². The third-order valence-corrected chi connectivity index (χ3v) is 5.86. The van der Waals surface area contributed by atoms with Gasteiger partial charge in [0.25, 0.3) is 25.9 Å². The fourth-order valence-electron chi connectivity index (χ4n) is 2.74. The number of fused-ring (bicyclic) bond motifs is 1. The van der Waals surface area contributed by atoms with E-state index in [2.05, 4.69) is 10.2 Å². The minimum atomic E-state index is -5.08. The molecule has 0 radical (unpaired) electrons. The van der Waals surface area contributed by atoms with Crippen LogP contribution >= 0.6 is 0 Å². The normalized spacial score (nSPS) is 11.7. The zero-order valence-electron chi connectivity index (χ0n) is 17.4. The number of nitro benzene ring substituents is 1. The third kappa shape index (κ3) is 6.22. The Hall–Kier alpha value is -1.86. The molecule has 0 aliphatic heterocycles. The average molecular weight is 530 g/mol. The molecule has 0 unspecified atom stereocenters. The number of nitrogens with zero attached hydrogens (tertiary/aromatic N) is 3. The Morgan fingerprint density at radius 1 is 0.912 bits per heavy atom. The minimum Gasteiger partial charge on any atom is -0.506 e. The Labute approximate surface area is 235 Å². The smallest absolute Gasteiger partial charge is 0.506 e. The summed E-state index contributed by atoms with van der Waals surface area (Å²) in [6.07, 6.45) is 0. The molecule has 0 fully saturated rings. The van der Waals surface area contributed by atoms with E-state index >= 15 is 0 Å². The number of hydrogen-bond donors (Lipinski definition) is 5. The number of phenols is 2. The predicted molar refractivity (Wildman–Crippen MR) is 109 cm³/mol. The number of aromatic hydroxyl groups is 2. The van der Waals surface area contributed by atoms with Crippen LogP contribution in [0.1, 0.15) is 0 Å². The number of non-ortho nitro benzene ring substituents is 1. The molecule has 3 rings (SSSR count). The van der Waals surface area contributed by atoms with Crippen molar-refractivity contribution in [1.82, 2.24) is 0 Å². The van der Waals surface area contributed by atoms with E-state index in [1.54, 1.807) is 0 Å². The molecular weight excluding hydrogens is 518 g/mol. The Morgan fingerprint density at radius 2 is 1.53 bits per heavy atom. The molecule has 0 amide bonds. The second kappa shape index (κ2) is 10.8. The van der Waals surface area contributed by atoms with E-state index in [4.69, 9.17) is 5.73 Å². The Bertz CT molecular complexity index is 1540. The van der Waals surface area contributed by atoms with Crippen molar-refractivity contribution in [2.24, 2.45) is 10.2 Å². The molecule has 0 saturated heterocycles. The van der Waals surface area contributed by atoms with Crippen LogP contribution in [0.2, 0.25) is 0 Å². The van der Waals surface area contributed by atoms with E-state index < -0.39 is 69.2 Å². The summed E-state index contributed by atoms with van der Waals surface area (Å²) in [6.45, 7) is 0. The molecule has 6 N–H and O–H groups in total. The van der Waals surface area contributed by atoms with Gasteiger partial charge in [-0.25, -0.2) is 0 Å². The molecule has 0 aliphatic carbocycles. The molecule has 18 heteroatoms. The van der Waals surface area contributed by atoms with Gasteiger partial charge in [0.15, 0.2) is 5.75 Å². The summed E-state index contributed by atoms with van der Waals surface area (Å²) in [5, 5.41) is 37.7. The first-order valence-corrected chi connectivity index (χ1v) is 11.0. The van der Waals surface area contributed by atoms with Crippen LogP contribution < -0.4 is 64.8 Å². The molecule has 168 valence electrons. The second-order valence-electron chi connectivity index (χ2n) is 6.26. The Kier molecular flexibility index (Phi) is 9.60. The topological polar surface area (TPSA) is 243 Å². The fraction of sp³-hybridized carbons (Fsp3) is 0. The van der Waals surface area contributed by atoms with Crippen LogP contribution in [0.15, 0.2) is 56.4 Å². The molecule has 0 spiro atoms. The zero-order valence-corrected chi connectivity index (χ0v) is 23.1. The first-order chi connectivity index (χ1) is 14.7. The van der Waals surface area contributed by atoms with E-state index in [0.717, 1.165) is 36.4 Å². The van der Waals surface area contributed by atoms with Gasteiger partial charge in [-0.2, -0.15) is 16.8 Å². The number of nitrogen functional groups attached to an aromatic ring is 1.